The maximum absolute atomic E-state index is 11.9. The molecule has 0 aromatic heterocycles. The zero-order valence-corrected chi connectivity index (χ0v) is 11.3. The summed E-state index contributed by atoms with van der Waals surface area (Å²) >= 11 is 11.2. The van der Waals surface area contributed by atoms with E-state index in [4.69, 9.17) is 23.2 Å². The Hall–Kier alpha value is -1.13. The first-order valence-electron chi connectivity index (χ1n) is 5.56. The molecule has 6 heteroatoms. The van der Waals surface area contributed by atoms with Crippen molar-refractivity contribution in [2.24, 2.45) is 0 Å². The number of carbonyl (C=O) groups excluding carboxylic acids is 1. The average Bonchev–Trinajstić information content (AvgIpc) is 2.34. The van der Waals surface area contributed by atoms with Crippen LogP contribution >= 0.6 is 23.2 Å². The second-order valence-electron chi connectivity index (χ2n) is 3.93. The Balaban J connectivity index is 3.13. The van der Waals surface area contributed by atoms with Gasteiger partial charge < -0.3 is 15.3 Å². The van der Waals surface area contributed by atoms with Crippen molar-refractivity contribution in [3.63, 3.8) is 0 Å². The zero-order valence-electron chi connectivity index (χ0n) is 9.83. The Morgan fingerprint density at radius 2 is 1.50 bits per heavy atom. The van der Waals surface area contributed by atoms with Crippen molar-refractivity contribution in [3.8, 4) is 17.2 Å². The zero-order chi connectivity index (χ0) is 13.9. The van der Waals surface area contributed by atoms with Crippen molar-refractivity contribution >= 4 is 29.0 Å². The molecule has 0 heterocycles. The molecular formula is C12H14Cl2O4. The molecule has 18 heavy (non-hydrogen) atoms. The van der Waals surface area contributed by atoms with E-state index in [0.717, 1.165) is 12.8 Å². The van der Waals surface area contributed by atoms with Crippen LogP contribution in [0.5, 0.6) is 17.2 Å². The summed E-state index contributed by atoms with van der Waals surface area (Å²) in [5, 5.41) is 27.9. The highest BCUT2D eigenvalue weighted by Gasteiger charge is 2.25. The standard InChI is InChI=1S/C12H14Cl2O4/c1-2-3-4-5-6(15)7-10(16)8(13)12(18)9(14)11(7)17/h16-18H,2-5H2,1H3. The molecule has 0 atom stereocenters. The van der Waals surface area contributed by atoms with E-state index >= 15 is 0 Å². The molecule has 100 valence electrons. The van der Waals surface area contributed by atoms with Crippen LogP contribution in [-0.4, -0.2) is 21.1 Å². The molecule has 1 aromatic carbocycles. The first-order valence-corrected chi connectivity index (χ1v) is 6.32. The molecule has 0 fully saturated rings. The molecule has 0 spiro atoms. The number of phenolic OH excluding ortho intramolecular Hbond substituents is 3. The van der Waals surface area contributed by atoms with Gasteiger partial charge in [0.25, 0.3) is 0 Å². The predicted octanol–water partition coefficient (Wildman–Crippen LogP) is 3.87. The van der Waals surface area contributed by atoms with E-state index in [2.05, 4.69) is 0 Å². The fourth-order valence-electron chi connectivity index (χ4n) is 1.58. The Labute approximate surface area is 115 Å². The lowest BCUT2D eigenvalue weighted by Crippen LogP contribution is -2.01. The van der Waals surface area contributed by atoms with Crippen molar-refractivity contribution < 1.29 is 20.1 Å². The van der Waals surface area contributed by atoms with Gasteiger partial charge in [-0.25, -0.2) is 0 Å². The molecule has 0 aliphatic carbocycles. The topological polar surface area (TPSA) is 77.8 Å². The van der Waals surface area contributed by atoms with Crippen LogP contribution < -0.4 is 0 Å². The first-order chi connectivity index (χ1) is 8.41. The molecule has 0 saturated heterocycles. The number of unbranched alkanes of at least 4 members (excludes halogenated alkanes) is 2. The summed E-state index contributed by atoms with van der Waals surface area (Å²) in [7, 11) is 0. The smallest absolute Gasteiger partial charge is 0.170 e. The van der Waals surface area contributed by atoms with Crippen molar-refractivity contribution in [1.29, 1.82) is 0 Å². The van der Waals surface area contributed by atoms with Crippen molar-refractivity contribution in [2.75, 3.05) is 0 Å². The molecule has 0 aliphatic heterocycles. The van der Waals surface area contributed by atoms with E-state index in [0.29, 0.717) is 6.42 Å². The highest BCUT2D eigenvalue weighted by Crippen LogP contribution is 2.48. The van der Waals surface area contributed by atoms with Gasteiger partial charge in [-0.05, 0) is 6.42 Å². The lowest BCUT2D eigenvalue weighted by Gasteiger charge is -2.11. The molecule has 0 aliphatic rings. The van der Waals surface area contributed by atoms with E-state index in [1.807, 2.05) is 6.92 Å². The van der Waals surface area contributed by atoms with Gasteiger partial charge in [-0.1, -0.05) is 43.0 Å². The van der Waals surface area contributed by atoms with Crippen LogP contribution in [0.3, 0.4) is 0 Å². The molecule has 0 amide bonds. The van der Waals surface area contributed by atoms with Crippen molar-refractivity contribution in [3.05, 3.63) is 15.6 Å². The maximum Gasteiger partial charge on any atom is 0.170 e. The number of hydrogen-bond donors (Lipinski definition) is 3. The van der Waals surface area contributed by atoms with Crippen LogP contribution in [0.15, 0.2) is 0 Å². The molecule has 4 nitrogen and oxygen atoms in total. The number of phenols is 3. The number of Topliss-reactive ketones (excluding diaryl/α,β-unsaturated/α-hetero) is 1. The lowest BCUT2D eigenvalue weighted by atomic mass is 10.0. The van der Waals surface area contributed by atoms with Gasteiger partial charge in [0.1, 0.15) is 15.6 Å². The fraction of sp³-hybridized carbons (Fsp3) is 0.417. The van der Waals surface area contributed by atoms with E-state index in [1.54, 1.807) is 0 Å². The minimum atomic E-state index is -0.641. The van der Waals surface area contributed by atoms with E-state index in [-0.39, 0.29) is 12.0 Å². The molecule has 1 rings (SSSR count). The normalized spacial score (nSPS) is 10.6. The van der Waals surface area contributed by atoms with Gasteiger partial charge in [0.2, 0.25) is 0 Å². The van der Waals surface area contributed by atoms with Crippen LogP contribution in [0.1, 0.15) is 43.0 Å². The fourth-order valence-corrected chi connectivity index (χ4v) is 2.00. The van der Waals surface area contributed by atoms with Gasteiger partial charge in [-0.3, -0.25) is 4.79 Å². The molecule has 0 unspecified atom stereocenters. The number of hydrogen-bond acceptors (Lipinski definition) is 4. The highest BCUT2D eigenvalue weighted by atomic mass is 35.5. The SMILES string of the molecule is CCCCCC(=O)c1c(O)c(Cl)c(O)c(Cl)c1O. The van der Waals surface area contributed by atoms with Crippen LogP contribution in [0.2, 0.25) is 10.0 Å². The second-order valence-corrected chi connectivity index (χ2v) is 4.68. The van der Waals surface area contributed by atoms with Gasteiger partial charge in [0.15, 0.2) is 23.0 Å². The Kier molecular flexibility index (Phi) is 5.11. The number of ketones is 1. The number of carbonyl (C=O) groups is 1. The lowest BCUT2D eigenvalue weighted by molar-refractivity contribution is 0.0974. The van der Waals surface area contributed by atoms with E-state index < -0.39 is 33.1 Å². The van der Waals surface area contributed by atoms with Crippen LogP contribution in [0.4, 0.5) is 0 Å². The predicted molar refractivity (Wildman–Crippen MR) is 69.9 cm³/mol. The number of halogens is 2. The second kappa shape index (κ2) is 6.16. The summed E-state index contributed by atoms with van der Waals surface area (Å²) in [6, 6.07) is 0. The van der Waals surface area contributed by atoms with Crippen molar-refractivity contribution in [1.82, 2.24) is 0 Å². The average molecular weight is 293 g/mol. The van der Waals surface area contributed by atoms with Crippen LogP contribution in [0, 0.1) is 0 Å². The third-order valence-corrected chi connectivity index (χ3v) is 3.31. The van der Waals surface area contributed by atoms with Gasteiger partial charge in [-0.2, -0.15) is 0 Å². The summed E-state index contributed by atoms with van der Waals surface area (Å²) < 4.78 is 0. The van der Waals surface area contributed by atoms with E-state index in [1.165, 1.54) is 0 Å². The molecule has 0 bridgehead atoms. The monoisotopic (exact) mass is 292 g/mol. The highest BCUT2D eigenvalue weighted by molar-refractivity contribution is 6.40. The molecular weight excluding hydrogens is 279 g/mol. The van der Waals surface area contributed by atoms with Gasteiger partial charge in [-0.15, -0.1) is 0 Å². The van der Waals surface area contributed by atoms with Gasteiger partial charge in [0.05, 0.1) is 0 Å². The van der Waals surface area contributed by atoms with Crippen LogP contribution in [0.25, 0.3) is 0 Å². The molecule has 1 aromatic rings. The Morgan fingerprint density at radius 1 is 1.00 bits per heavy atom. The van der Waals surface area contributed by atoms with Crippen molar-refractivity contribution in [2.45, 2.75) is 32.6 Å². The summed E-state index contributed by atoms with van der Waals surface area (Å²) in [5.41, 5.74) is -0.334. The number of aromatic hydroxyl groups is 3. The van der Waals surface area contributed by atoms with E-state index in [9.17, 15) is 20.1 Å². The van der Waals surface area contributed by atoms with Crippen LogP contribution in [-0.2, 0) is 0 Å². The van der Waals surface area contributed by atoms with Gasteiger partial charge >= 0.3 is 0 Å². The minimum absolute atomic E-state index is 0.173. The third kappa shape index (κ3) is 2.82. The maximum atomic E-state index is 11.9. The molecule has 0 radical (unpaired) electrons. The Morgan fingerprint density at radius 3 is 1.94 bits per heavy atom. The molecule has 3 N–H and O–H groups in total. The summed E-state index contributed by atoms with van der Waals surface area (Å²) in [4.78, 5) is 11.9. The Bertz CT molecular complexity index is 443. The largest absolute Gasteiger partial charge is 0.505 e. The third-order valence-electron chi connectivity index (χ3n) is 2.59. The number of rotatable bonds is 5. The quantitative estimate of drug-likeness (QED) is 0.569. The summed E-state index contributed by atoms with van der Waals surface area (Å²) in [6.45, 7) is 1.99. The first kappa shape index (κ1) is 14.9. The summed E-state index contributed by atoms with van der Waals surface area (Å²) in [5.74, 6) is -2.38. The van der Waals surface area contributed by atoms with Gasteiger partial charge in [0, 0.05) is 6.42 Å². The minimum Gasteiger partial charge on any atom is -0.505 e. The number of benzene rings is 1. The molecule has 0 saturated carbocycles. The summed E-state index contributed by atoms with van der Waals surface area (Å²) in [6.07, 6.45) is 2.63.